The molecule has 66 valence electrons. The maximum Gasteiger partial charge on any atom is 2.00 e. The molecule has 0 unspecified atom stereocenters. The fourth-order valence-electron chi connectivity index (χ4n) is 0.931. The Morgan fingerprint density at radius 3 is 1.18 bits per heavy atom. The minimum atomic E-state index is 0. The predicted octanol–water partition coefficient (Wildman–Crippen LogP) is 1.16. The van der Waals surface area contributed by atoms with Crippen LogP contribution in [-0.2, 0) is 0 Å². The zero-order chi connectivity index (χ0) is 7.66. The van der Waals surface area contributed by atoms with Gasteiger partial charge in [-0.1, -0.05) is 25.7 Å². The van der Waals surface area contributed by atoms with Gasteiger partial charge in [-0.15, -0.1) is 0 Å². The summed E-state index contributed by atoms with van der Waals surface area (Å²) in [5.41, 5.74) is 0. The summed E-state index contributed by atoms with van der Waals surface area (Å²) in [5, 5.41) is 16.9. The van der Waals surface area contributed by atoms with Crippen molar-refractivity contribution in [1.29, 1.82) is 0 Å². The predicted molar refractivity (Wildman–Crippen MR) is 49.9 cm³/mol. The Kier molecular flexibility index (Phi) is 18.4. The molecule has 0 aliphatic heterocycles. The molecule has 0 fully saturated rings. The summed E-state index contributed by atoms with van der Waals surface area (Å²) in [6, 6.07) is 0. The first-order chi connectivity index (χ1) is 4.91. The molecular weight excluding hydrogens is 168 g/mol. The third-order valence-electron chi connectivity index (χ3n) is 1.57. The average molecular weight is 188 g/mol. The van der Waals surface area contributed by atoms with Gasteiger partial charge in [-0.3, -0.25) is 0 Å². The van der Waals surface area contributed by atoms with E-state index in [9.17, 15) is 0 Å². The molecule has 0 amide bonds. The normalized spacial score (nSPS) is 9.27. The van der Waals surface area contributed by atoms with Crippen molar-refractivity contribution in [3.05, 3.63) is 0 Å². The van der Waals surface area contributed by atoms with Crippen molar-refractivity contribution in [3.8, 4) is 0 Å². The van der Waals surface area contributed by atoms with Crippen LogP contribution >= 0.6 is 0 Å². The number of unbranched alkanes of at least 4 members (excludes halogenated alkanes) is 5. The van der Waals surface area contributed by atoms with E-state index >= 15 is 0 Å². The molecule has 0 aromatic carbocycles. The van der Waals surface area contributed by atoms with Crippen molar-refractivity contribution >= 4 is 37.7 Å². The fraction of sp³-hybridized carbons (Fsp3) is 1.00. The van der Waals surface area contributed by atoms with Crippen LogP contribution in [0.4, 0.5) is 0 Å². The molecular formula is C8H20CaO2. The third kappa shape index (κ3) is 14.1. The van der Waals surface area contributed by atoms with E-state index in [2.05, 4.69) is 0 Å². The van der Waals surface area contributed by atoms with E-state index in [1.54, 1.807) is 0 Å². The van der Waals surface area contributed by atoms with Gasteiger partial charge in [0.2, 0.25) is 0 Å². The molecule has 11 heavy (non-hydrogen) atoms. The number of hydrogen-bond donors (Lipinski definition) is 2. The van der Waals surface area contributed by atoms with Gasteiger partial charge in [0, 0.05) is 13.2 Å². The van der Waals surface area contributed by atoms with E-state index in [4.69, 9.17) is 10.2 Å². The Morgan fingerprint density at radius 2 is 0.909 bits per heavy atom. The average Bonchev–Trinajstić information content (AvgIpc) is 1.97. The Morgan fingerprint density at radius 1 is 0.636 bits per heavy atom. The maximum absolute atomic E-state index is 8.43. The second kappa shape index (κ2) is 13.7. The summed E-state index contributed by atoms with van der Waals surface area (Å²) < 4.78 is 0. The van der Waals surface area contributed by atoms with Crippen molar-refractivity contribution in [2.75, 3.05) is 13.2 Å². The van der Waals surface area contributed by atoms with Gasteiger partial charge in [0.05, 0.1) is 0 Å². The molecule has 0 spiro atoms. The number of aliphatic hydroxyl groups excluding tert-OH is 2. The standard InChI is InChI=1S/C8H18O2.Ca.2H/c9-7-5-3-1-2-4-6-8-10;;;/h9-10H,1-8H2;;;/q;+2;2*-1. The molecule has 0 radical (unpaired) electrons. The number of rotatable bonds is 7. The van der Waals surface area contributed by atoms with Crippen molar-refractivity contribution in [2.45, 2.75) is 38.5 Å². The van der Waals surface area contributed by atoms with E-state index in [0.29, 0.717) is 13.2 Å². The van der Waals surface area contributed by atoms with Crippen LogP contribution in [0, 0.1) is 0 Å². The number of aliphatic hydroxyl groups is 2. The minimum absolute atomic E-state index is 0. The SMILES string of the molecule is OCCCCCCCCO.[Ca+2].[H-].[H-]. The van der Waals surface area contributed by atoms with Crippen LogP contribution in [0.2, 0.25) is 0 Å². The molecule has 0 bridgehead atoms. The maximum atomic E-state index is 8.43. The molecule has 0 aromatic heterocycles. The summed E-state index contributed by atoms with van der Waals surface area (Å²) in [4.78, 5) is 0. The quantitative estimate of drug-likeness (QED) is 0.465. The summed E-state index contributed by atoms with van der Waals surface area (Å²) in [7, 11) is 0. The molecule has 0 aliphatic carbocycles. The van der Waals surface area contributed by atoms with Gasteiger partial charge < -0.3 is 13.1 Å². The van der Waals surface area contributed by atoms with Gasteiger partial charge in [-0.05, 0) is 12.8 Å². The molecule has 0 heterocycles. The van der Waals surface area contributed by atoms with Gasteiger partial charge in [0.25, 0.3) is 0 Å². The van der Waals surface area contributed by atoms with E-state index in [0.717, 1.165) is 25.7 Å². The summed E-state index contributed by atoms with van der Waals surface area (Å²) in [6.45, 7) is 0.639. The van der Waals surface area contributed by atoms with Crippen molar-refractivity contribution in [3.63, 3.8) is 0 Å². The monoisotopic (exact) mass is 188 g/mol. The molecule has 0 aromatic rings. The van der Waals surface area contributed by atoms with E-state index in [1.165, 1.54) is 12.8 Å². The zero-order valence-electron chi connectivity index (χ0n) is 9.26. The van der Waals surface area contributed by atoms with Crippen LogP contribution in [0.5, 0.6) is 0 Å². The van der Waals surface area contributed by atoms with Gasteiger partial charge in [0.1, 0.15) is 0 Å². The Labute approximate surface area is 102 Å². The summed E-state index contributed by atoms with van der Waals surface area (Å²) in [5.74, 6) is 0. The van der Waals surface area contributed by atoms with E-state index in [1.807, 2.05) is 0 Å². The molecule has 0 saturated heterocycles. The van der Waals surface area contributed by atoms with Crippen molar-refractivity contribution in [2.24, 2.45) is 0 Å². The minimum Gasteiger partial charge on any atom is -1.00 e. The zero-order valence-corrected chi connectivity index (χ0v) is 9.47. The van der Waals surface area contributed by atoms with Crippen LogP contribution < -0.4 is 0 Å². The van der Waals surface area contributed by atoms with Crippen LogP contribution in [0.15, 0.2) is 0 Å². The van der Waals surface area contributed by atoms with Crippen LogP contribution in [0.3, 0.4) is 0 Å². The summed E-state index contributed by atoms with van der Waals surface area (Å²) in [6.07, 6.45) is 6.50. The first-order valence-electron chi connectivity index (χ1n) is 4.13. The third-order valence-corrected chi connectivity index (χ3v) is 1.57. The van der Waals surface area contributed by atoms with Crippen molar-refractivity contribution < 1.29 is 13.1 Å². The van der Waals surface area contributed by atoms with Crippen LogP contribution in [-0.4, -0.2) is 61.2 Å². The topological polar surface area (TPSA) is 40.5 Å². The van der Waals surface area contributed by atoms with Gasteiger partial charge in [-0.25, -0.2) is 0 Å². The molecule has 0 saturated carbocycles. The van der Waals surface area contributed by atoms with Crippen LogP contribution in [0.1, 0.15) is 41.4 Å². The largest absolute Gasteiger partial charge is 2.00 e. The molecule has 0 aliphatic rings. The second-order valence-electron chi connectivity index (χ2n) is 2.57. The second-order valence-corrected chi connectivity index (χ2v) is 2.57. The number of hydrogen-bond acceptors (Lipinski definition) is 2. The summed E-state index contributed by atoms with van der Waals surface area (Å²) >= 11 is 0. The molecule has 0 atom stereocenters. The van der Waals surface area contributed by atoms with Gasteiger partial charge in [-0.2, -0.15) is 0 Å². The first kappa shape index (κ1) is 14.7. The Hall–Kier alpha value is 1.18. The molecule has 0 rings (SSSR count). The molecule has 2 nitrogen and oxygen atoms in total. The molecule has 3 heteroatoms. The fourth-order valence-corrected chi connectivity index (χ4v) is 0.931. The van der Waals surface area contributed by atoms with E-state index < -0.39 is 0 Å². The van der Waals surface area contributed by atoms with E-state index in [-0.39, 0.29) is 40.6 Å². The Balaban J connectivity index is -0.000000135. The van der Waals surface area contributed by atoms with Crippen LogP contribution in [0.25, 0.3) is 0 Å². The molecule has 2 N–H and O–H groups in total. The van der Waals surface area contributed by atoms with Crippen molar-refractivity contribution in [1.82, 2.24) is 0 Å². The van der Waals surface area contributed by atoms with Gasteiger partial charge >= 0.3 is 37.7 Å². The first-order valence-corrected chi connectivity index (χ1v) is 4.13. The Bertz CT molecular complexity index is 60.1. The smallest absolute Gasteiger partial charge is 1.00 e. The van der Waals surface area contributed by atoms with Gasteiger partial charge in [0.15, 0.2) is 0 Å².